The monoisotopic (exact) mass is 340 g/mol. The third-order valence-corrected chi connectivity index (χ3v) is 5.02. The molecule has 0 aliphatic carbocycles. The van der Waals surface area contributed by atoms with E-state index in [0.29, 0.717) is 0 Å². The molecule has 4 nitrogen and oxygen atoms in total. The first-order chi connectivity index (χ1) is 11.6. The molecule has 0 aliphatic rings. The third-order valence-electron chi connectivity index (χ3n) is 3.94. The number of methoxy groups -OCH3 is 1. The number of carbonyl (C=O) groups is 1. The van der Waals surface area contributed by atoms with Crippen LogP contribution in [0, 0.1) is 0 Å². The first kappa shape index (κ1) is 16.6. The maximum absolute atomic E-state index is 11.4. The zero-order valence-corrected chi connectivity index (χ0v) is 14.9. The number of rotatable bonds is 6. The van der Waals surface area contributed by atoms with Gasteiger partial charge >= 0.3 is 0 Å². The van der Waals surface area contributed by atoms with E-state index in [4.69, 9.17) is 4.74 Å². The Hall–Kier alpha value is -2.24. The third kappa shape index (κ3) is 3.47. The van der Waals surface area contributed by atoms with Gasteiger partial charge in [0.15, 0.2) is 5.78 Å². The van der Waals surface area contributed by atoms with Gasteiger partial charge in [-0.05, 0) is 48.7 Å². The van der Waals surface area contributed by atoms with Crippen molar-refractivity contribution in [1.29, 1.82) is 0 Å². The molecule has 0 bridgehead atoms. The lowest BCUT2D eigenvalue weighted by Gasteiger charge is -2.18. The molecule has 0 spiro atoms. The number of ether oxygens (including phenoxy) is 1. The molecule has 24 heavy (non-hydrogen) atoms. The molecule has 0 fully saturated rings. The van der Waals surface area contributed by atoms with Gasteiger partial charge in [0.1, 0.15) is 11.3 Å². The minimum atomic E-state index is 0.126. The second-order valence-corrected chi connectivity index (χ2v) is 6.79. The fourth-order valence-corrected chi connectivity index (χ4v) is 3.62. The highest BCUT2D eigenvalue weighted by Crippen LogP contribution is 2.27. The normalized spacial score (nSPS) is 11.2. The Balaban J connectivity index is 1.80. The van der Waals surface area contributed by atoms with E-state index < -0.39 is 0 Å². The lowest BCUT2D eigenvalue weighted by atomic mass is 10.1. The van der Waals surface area contributed by atoms with Crippen LogP contribution in [0.5, 0.6) is 5.75 Å². The molecular formula is C19H20N2O2S. The van der Waals surface area contributed by atoms with Crippen molar-refractivity contribution < 1.29 is 9.53 Å². The van der Waals surface area contributed by atoms with Gasteiger partial charge in [-0.15, -0.1) is 11.3 Å². The lowest BCUT2D eigenvalue weighted by molar-refractivity contribution is 0.102. The van der Waals surface area contributed by atoms with Crippen molar-refractivity contribution in [1.82, 2.24) is 9.88 Å². The number of Topliss-reactive ketones (excluding diaryl/α,β-unsaturated/α-hetero) is 1. The van der Waals surface area contributed by atoms with Gasteiger partial charge in [0.25, 0.3) is 0 Å². The number of hydrogen-bond acceptors (Lipinski definition) is 5. The minimum Gasteiger partial charge on any atom is -0.494 e. The molecule has 3 rings (SSSR count). The lowest BCUT2D eigenvalue weighted by Crippen LogP contribution is -2.17. The summed E-state index contributed by atoms with van der Waals surface area (Å²) in [6, 6.07) is 10.1. The zero-order valence-electron chi connectivity index (χ0n) is 14.1. The van der Waals surface area contributed by atoms with Crippen molar-refractivity contribution >= 4 is 28.0 Å². The molecule has 0 atom stereocenters. The van der Waals surface area contributed by atoms with Gasteiger partial charge in [0.05, 0.1) is 12.0 Å². The summed E-state index contributed by atoms with van der Waals surface area (Å²) in [5, 5.41) is 3.17. The molecule has 0 aliphatic heterocycles. The average Bonchev–Trinajstić information content (AvgIpc) is 3.04. The number of ketones is 1. The number of benzene rings is 1. The molecule has 5 heteroatoms. The van der Waals surface area contributed by atoms with Gasteiger partial charge < -0.3 is 4.74 Å². The number of nitrogens with zero attached hydrogens (tertiary/aromatic N) is 2. The molecule has 1 aromatic carbocycles. The molecule has 124 valence electrons. The SMILES string of the molecule is COc1ccc(CN(C)Cc2csc(C(C)=O)c2)c2cccnc12. The van der Waals surface area contributed by atoms with E-state index in [-0.39, 0.29) is 5.78 Å². The van der Waals surface area contributed by atoms with Crippen molar-refractivity contribution in [3.8, 4) is 5.75 Å². The van der Waals surface area contributed by atoms with Crippen LogP contribution in [-0.4, -0.2) is 29.8 Å². The van der Waals surface area contributed by atoms with Crippen LogP contribution in [0.3, 0.4) is 0 Å². The van der Waals surface area contributed by atoms with Crippen LogP contribution in [0.2, 0.25) is 0 Å². The van der Waals surface area contributed by atoms with Gasteiger partial charge in [-0.25, -0.2) is 0 Å². The standard InChI is InChI=1S/C19H20N2O2S/c1-13(22)18-9-14(12-24-18)10-21(2)11-15-6-7-17(23-3)19-16(15)5-4-8-20-19/h4-9,12H,10-11H2,1-3H3. The smallest absolute Gasteiger partial charge is 0.169 e. The van der Waals surface area contributed by atoms with Crippen molar-refractivity contribution in [2.75, 3.05) is 14.2 Å². The summed E-state index contributed by atoms with van der Waals surface area (Å²) < 4.78 is 5.40. The van der Waals surface area contributed by atoms with Crippen LogP contribution in [0.15, 0.2) is 41.9 Å². The first-order valence-electron chi connectivity index (χ1n) is 7.76. The van der Waals surface area contributed by atoms with Crippen LogP contribution in [0.25, 0.3) is 10.9 Å². The summed E-state index contributed by atoms with van der Waals surface area (Å²) in [4.78, 5) is 18.9. The maximum Gasteiger partial charge on any atom is 0.169 e. The van der Waals surface area contributed by atoms with E-state index in [2.05, 4.69) is 34.4 Å². The zero-order chi connectivity index (χ0) is 17.1. The van der Waals surface area contributed by atoms with Crippen LogP contribution in [0.4, 0.5) is 0 Å². The van der Waals surface area contributed by atoms with Gasteiger partial charge in [-0.3, -0.25) is 14.7 Å². The van der Waals surface area contributed by atoms with Gasteiger partial charge in [-0.1, -0.05) is 12.1 Å². The quantitative estimate of drug-likeness (QED) is 0.633. The Morgan fingerprint density at radius 3 is 2.83 bits per heavy atom. The van der Waals surface area contributed by atoms with Gasteiger partial charge in [0.2, 0.25) is 0 Å². The van der Waals surface area contributed by atoms with Crippen LogP contribution in [-0.2, 0) is 13.1 Å². The molecular weight excluding hydrogens is 320 g/mol. The van der Waals surface area contributed by atoms with Crippen molar-refractivity contribution in [3.05, 3.63) is 57.9 Å². The van der Waals surface area contributed by atoms with Crippen molar-refractivity contribution in [3.63, 3.8) is 0 Å². The molecule has 0 N–H and O–H groups in total. The highest BCUT2D eigenvalue weighted by Gasteiger charge is 2.11. The number of thiophene rings is 1. The molecule has 0 radical (unpaired) electrons. The number of fused-ring (bicyclic) bond motifs is 1. The summed E-state index contributed by atoms with van der Waals surface area (Å²) in [5.41, 5.74) is 3.27. The molecule has 3 aromatic rings. The molecule has 0 unspecified atom stereocenters. The number of carbonyl (C=O) groups excluding carboxylic acids is 1. The number of pyridine rings is 1. The summed E-state index contributed by atoms with van der Waals surface area (Å²) in [7, 11) is 3.75. The predicted octanol–water partition coefficient (Wildman–Crippen LogP) is 4.14. The van der Waals surface area contributed by atoms with E-state index in [9.17, 15) is 4.79 Å². The fourth-order valence-electron chi connectivity index (χ4n) is 2.81. The number of hydrogen-bond donors (Lipinski definition) is 0. The first-order valence-corrected chi connectivity index (χ1v) is 8.64. The largest absolute Gasteiger partial charge is 0.494 e. The second kappa shape index (κ2) is 7.11. The van der Waals surface area contributed by atoms with E-state index in [0.717, 1.165) is 34.6 Å². The van der Waals surface area contributed by atoms with E-state index in [1.54, 1.807) is 20.2 Å². The van der Waals surface area contributed by atoms with Crippen molar-refractivity contribution in [2.45, 2.75) is 20.0 Å². The van der Waals surface area contributed by atoms with Crippen LogP contribution < -0.4 is 4.74 Å². The average molecular weight is 340 g/mol. The topological polar surface area (TPSA) is 42.4 Å². The molecule has 0 saturated heterocycles. The van der Waals surface area contributed by atoms with Gasteiger partial charge in [-0.2, -0.15) is 0 Å². The van der Waals surface area contributed by atoms with Crippen LogP contribution >= 0.6 is 11.3 Å². The van der Waals surface area contributed by atoms with E-state index in [1.165, 1.54) is 22.5 Å². The van der Waals surface area contributed by atoms with Crippen LogP contribution in [0.1, 0.15) is 27.7 Å². The Kier molecular flexibility index (Phi) is 4.92. The Labute approximate surface area is 145 Å². The fraction of sp³-hybridized carbons (Fsp3) is 0.263. The Bertz CT molecular complexity index is 873. The molecule has 0 amide bonds. The minimum absolute atomic E-state index is 0.126. The van der Waals surface area contributed by atoms with E-state index >= 15 is 0 Å². The molecule has 2 aromatic heterocycles. The highest BCUT2D eigenvalue weighted by atomic mass is 32.1. The Morgan fingerprint density at radius 1 is 1.29 bits per heavy atom. The van der Waals surface area contributed by atoms with E-state index in [1.807, 2.05) is 18.2 Å². The number of aromatic nitrogens is 1. The summed E-state index contributed by atoms with van der Waals surface area (Å²) >= 11 is 1.51. The summed E-state index contributed by atoms with van der Waals surface area (Å²) in [5.74, 6) is 0.919. The van der Waals surface area contributed by atoms with Crippen molar-refractivity contribution in [2.24, 2.45) is 0 Å². The predicted molar refractivity (Wildman–Crippen MR) is 97.8 cm³/mol. The van der Waals surface area contributed by atoms with Gasteiger partial charge in [0, 0.05) is 24.7 Å². The Morgan fingerprint density at radius 2 is 2.12 bits per heavy atom. The highest BCUT2D eigenvalue weighted by molar-refractivity contribution is 7.12. The molecule has 0 saturated carbocycles. The molecule has 2 heterocycles. The summed E-state index contributed by atoms with van der Waals surface area (Å²) in [6.07, 6.45) is 1.78. The maximum atomic E-state index is 11.4. The summed E-state index contributed by atoms with van der Waals surface area (Å²) in [6.45, 7) is 3.21. The second-order valence-electron chi connectivity index (χ2n) is 5.87.